The van der Waals surface area contributed by atoms with E-state index in [2.05, 4.69) is 45.7 Å². The lowest BCUT2D eigenvalue weighted by Gasteiger charge is -2.09. The minimum absolute atomic E-state index is 0.831. The summed E-state index contributed by atoms with van der Waals surface area (Å²) in [5.41, 5.74) is 1.45. The minimum atomic E-state index is 0.831. The highest BCUT2D eigenvalue weighted by atomic mass is 79.9. The zero-order valence-corrected chi connectivity index (χ0v) is 11.3. The van der Waals surface area contributed by atoms with Crippen molar-refractivity contribution in [1.82, 2.24) is 5.32 Å². The molecule has 2 rings (SSSR count). The fourth-order valence-corrected chi connectivity index (χ4v) is 3.43. The van der Waals surface area contributed by atoms with Gasteiger partial charge in [-0.1, -0.05) is 6.07 Å². The molecule has 1 aliphatic heterocycles. The summed E-state index contributed by atoms with van der Waals surface area (Å²) in [6.07, 6.45) is 4.64. The topological polar surface area (TPSA) is 12.0 Å². The Morgan fingerprint density at radius 1 is 1.53 bits per heavy atom. The van der Waals surface area contributed by atoms with Gasteiger partial charge in [-0.2, -0.15) is 0 Å². The molecule has 0 bridgehead atoms. The second-order valence-corrected chi connectivity index (χ2v) is 5.73. The van der Waals surface area contributed by atoms with Gasteiger partial charge in [0.15, 0.2) is 0 Å². The number of hydrogen-bond donors (Lipinski definition) is 1. The average molecular weight is 286 g/mol. The molecule has 1 saturated heterocycles. The summed E-state index contributed by atoms with van der Waals surface area (Å²) in [5.74, 6) is 0.831. The molecule has 82 valence electrons. The van der Waals surface area contributed by atoms with E-state index in [1.54, 1.807) is 11.8 Å². The van der Waals surface area contributed by atoms with Crippen molar-refractivity contribution >= 4 is 27.7 Å². The summed E-state index contributed by atoms with van der Waals surface area (Å²) in [6.45, 7) is 2.37. The van der Waals surface area contributed by atoms with Crippen LogP contribution >= 0.6 is 27.7 Å². The molecule has 1 heterocycles. The third kappa shape index (κ3) is 2.99. The molecule has 0 aliphatic carbocycles. The van der Waals surface area contributed by atoms with Crippen LogP contribution in [0.1, 0.15) is 12.0 Å². The number of benzene rings is 1. The molecule has 1 atom stereocenters. The molecule has 1 unspecified atom stereocenters. The Hall–Kier alpha value is 0.01000. The van der Waals surface area contributed by atoms with Crippen LogP contribution in [0.25, 0.3) is 0 Å². The number of hydrogen-bond acceptors (Lipinski definition) is 2. The van der Waals surface area contributed by atoms with Crippen LogP contribution in [0.3, 0.4) is 0 Å². The van der Waals surface area contributed by atoms with E-state index in [0.717, 1.165) is 5.92 Å². The molecule has 1 aliphatic rings. The van der Waals surface area contributed by atoms with Crippen LogP contribution in [0, 0.1) is 5.92 Å². The Morgan fingerprint density at radius 2 is 2.40 bits per heavy atom. The van der Waals surface area contributed by atoms with E-state index in [0.29, 0.717) is 0 Å². The molecule has 0 radical (unpaired) electrons. The van der Waals surface area contributed by atoms with Crippen molar-refractivity contribution in [1.29, 1.82) is 0 Å². The molecule has 0 saturated carbocycles. The van der Waals surface area contributed by atoms with Crippen LogP contribution in [0.4, 0.5) is 0 Å². The van der Waals surface area contributed by atoms with Gasteiger partial charge in [-0.25, -0.2) is 0 Å². The summed E-state index contributed by atoms with van der Waals surface area (Å²) in [4.78, 5) is 1.32. The van der Waals surface area contributed by atoms with Crippen molar-refractivity contribution in [2.75, 3.05) is 19.3 Å². The number of thioether (sulfide) groups is 1. The Bertz CT molecular complexity index is 334. The first-order chi connectivity index (χ1) is 7.29. The van der Waals surface area contributed by atoms with E-state index in [1.807, 2.05) is 0 Å². The predicted molar refractivity (Wildman–Crippen MR) is 70.6 cm³/mol. The molecule has 1 nitrogen and oxygen atoms in total. The van der Waals surface area contributed by atoms with Gasteiger partial charge in [0.2, 0.25) is 0 Å². The maximum absolute atomic E-state index is 3.62. The molecule has 1 N–H and O–H groups in total. The molecule has 1 aromatic rings. The summed E-state index contributed by atoms with van der Waals surface area (Å²) >= 11 is 5.41. The van der Waals surface area contributed by atoms with Crippen molar-refractivity contribution in [3.63, 3.8) is 0 Å². The average Bonchev–Trinajstić information content (AvgIpc) is 2.71. The van der Waals surface area contributed by atoms with Gasteiger partial charge < -0.3 is 5.32 Å². The van der Waals surface area contributed by atoms with E-state index in [9.17, 15) is 0 Å². The maximum Gasteiger partial charge on any atom is 0.0313 e. The van der Waals surface area contributed by atoms with Gasteiger partial charge in [-0.3, -0.25) is 0 Å². The van der Waals surface area contributed by atoms with Crippen LogP contribution in [0.5, 0.6) is 0 Å². The van der Waals surface area contributed by atoms with Gasteiger partial charge in [0.25, 0.3) is 0 Å². The minimum Gasteiger partial charge on any atom is -0.316 e. The fourth-order valence-electron chi connectivity index (χ4n) is 2.06. The first kappa shape index (κ1) is 11.5. The van der Waals surface area contributed by atoms with Crippen LogP contribution < -0.4 is 5.32 Å². The van der Waals surface area contributed by atoms with Crippen LogP contribution in [0.15, 0.2) is 27.6 Å². The first-order valence-corrected chi connectivity index (χ1v) is 7.34. The van der Waals surface area contributed by atoms with E-state index in [4.69, 9.17) is 0 Å². The molecular formula is C12H16BrNS. The second kappa shape index (κ2) is 5.37. The third-order valence-corrected chi connectivity index (χ3v) is 4.62. The SMILES string of the molecule is CSc1ccc(CC2CCNC2)cc1Br. The predicted octanol–water partition coefficient (Wildman–Crippen LogP) is 3.32. The zero-order chi connectivity index (χ0) is 10.7. The Morgan fingerprint density at radius 3 is 3.00 bits per heavy atom. The summed E-state index contributed by atoms with van der Waals surface area (Å²) in [7, 11) is 0. The number of rotatable bonds is 3. The van der Waals surface area contributed by atoms with Gasteiger partial charge in [0.1, 0.15) is 0 Å². The molecule has 1 fully saturated rings. The van der Waals surface area contributed by atoms with Crippen molar-refractivity contribution < 1.29 is 0 Å². The van der Waals surface area contributed by atoms with E-state index >= 15 is 0 Å². The Balaban J connectivity index is 2.05. The lowest BCUT2D eigenvalue weighted by atomic mass is 9.99. The lowest BCUT2D eigenvalue weighted by Crippen LogP contribution is -2.10. The largest absolute Gasteiger partial charge is 0.316 e. The maximum atomic E-state index is 3.62. The standard InChI is InChI=1S/C12H16BrNS/c1-15-12-3-2-9(7-11(12)13)6-10-4-5-14-8-10/h2-3,7,10,14H,4-6,8H2,1H3. The Kier molecular flexibility index (Phi) is 4.12. The van der Waals surface area contributed by atoms with Crippen molar-refractivity contribution in [3.05, 3.63) is 28.2 Å². The summed E-state index contributed by atoms with van der Waals surface area (Å²) < 4.78 is 1.23. The molecule has 15 heavy (non-hydrogen) atoms. The molecule has 0 spiro atoms. The van der Waals surface area contributed by atoms with Gasteiger partial charge in [0, 0.05) is 9.37 Å². The molecule has 0 aromatic heterocycles. The van der Waals surface area contributed by atoms with Crippen LogP contribution in [0.2, 0.25) is 0 Å². The quantitative estimate of drug-likeness (QED) is 0.855. The zero-order valence-electron chi connectivity index (χ0n) is 8.92. The van der Waals surface area contributed by atoms with Crippen molar-refractivity contribution in [2.45, 2.75) is 17.7 Å². The van der Waals surface area contributed by atoms with E-state index in [1.165, 1.54) is 40.9 Å². The third-order valence-electron chi connectivity index (χ3n) is 2.90. The van der Waals surface area contributed by atoms with Gasteiger partial charge >= 0.3 is 0 Å². The highest BCUT2D eigenvalue weighted by Gasteiger charge is 2.15. The smallest absolute Gasteiger partial charge is 0.0313 e. The highest BCUT2D eigenvalue weighted by molar-refractivity contribution is 9.10. The fraction of sp³-hybridized carbons (Fsp3) is 0.500. The molecular weight excluding hydrogens is 270 g/mol. The van der Waals surface area contributed by atoms with Crippen LogP contribution in [-0.2, 0) is 6.42 Å². The summed E-state index contributed by atoms with van der Waals surface area (Å²) in [6, 6.07) is 6.74. The van der Waals surface area contributed by atoms with Gasteiger partial charge in [-0.05, 0) is 71.7 Å². The van der Waals surface area contributed by atoms with E-state index < -0.39 is 0 Å². The second-order valence-electron chi connectivity index (χ2n) is 4.03. The van der Waals surface area contributed by atoms with Gasteiger partial charge in [0.05, 0.1) is 0 Å². The molecule has 0 amide bonds. The van der Waals surface area contributed by atoms with Crippen molar-refractivity contribution in [3.8, 4) is 0 Å². The van der Waals surface area contributed by atoms with Crippen LogP contribution in [-0.4, -0.2) is 19.3 Å². The first-order valence-electron chi connectivity index (χ1n) is 5.32. The lowest BCUT2D eigenvalue weighted by molar-refractivity contribution is 0.580. The van der Waals surface area contributed by atoms with Gasteiger partial charge in [-0.15, -0.1) is 11.8 Å². The van der Waals surface area contributed by atoms with Crippen molar-refractivity contribution in [2.24, 2.45) is 5.92 Å². The summed E-state index contributed by atoms with van der Waals surface area (Å²) in [5, 5.41) is 3.41. The van der Waals surface area contributed by atoms with E-state index in [-0.39, 0.29) is 0 Å². The highest BCUT2D eigenvalue weighted by Crippen LogP contribution is 2.27. The normalized spacial score (nSPS) is 20.8. The Labute approximate surface area is 104 Å². The number of nitrogens with one attached hydrogen (secondary N) is 1. The number of halogens is 1. The monoisotopic (exact) mass is 285 g/mol. The molecule has 3 heteroatoms. The molecule has 1 aromatic carbocycles.